The lowest BCUT2D eigenvalue weighted by molar-refractivity contribution is -0.115. The highest BCUT2D eigenvalue weighted by Gasteiger charge is 2.28. The van der Waals surface area contributed by atoms with Crippen molar-refractivity contribution < 1.29 is 14.0 Å². The number of carbonyl (C=O) groups excluding carboxylic acids is 2. The fourth-order valence-electron chi connectivity index (χ4n) is 3.43. The zero-order valence-electron chi connectivity index (χ0n) is 16.1. The van der Waals surface area contributed by atoms with Crippen molar-refractivity contribution in [2.75, 3.05) is 5.32 Å². The molecule has 0 saturated carbocycles. The molecule has 29 heavy (non-hydrogen) atoms. The van der Waals surface area contributed by atoms with Crippen LogP contribution in [0, 0.1) is 0 Å². The van der Waals surface area contributed by atoms with Crippen LogP contribution in [0.5, 0.6) is 0 Å². The summed E-state index contributed by atoms with van der Waals surface area (Å²) in [5.41, 5.74) is 7.03. The van der Waals surface area contributed by atoms with Gasteiger partial charge in [-0.15, -0.1) is 21.5 Å². The van der Waals surface area contributed by atoms with Gasteiger partial charge in [0.05, 0.1) is 17.1 Å². The van der Waals surface area contributed by atoms with E-state index in [1.165, 1.54) is 23.1 Å². The second-order valence-corrected chi connectivity index (χ2v) is 9.12. The van der Waals surface area contributed by atoms with Crippen LogP contribution in [0.2, 0.25) is 0 Å². The van der Waals surface area contributed by atoms with Gasteiger partial charge in [0.2, 0.25) is 5.91 Å². The number of nitrogens with one attached hydrogen (secondary N) is 1. The monoisotopic (exact) mass is 431 g/mol. The summed E-state index contributed by atoms with van der Waals surface area (Å²) in [6, 6.07) is 3.61. The van der Waals surface area contributed by atoms with Gasteiger partial charge in [-0.05, 0) is 50.8 Å². The van der Waals surface area contributed by atoms with Gasteiger partial charge in [-0.3, -0.25) is 14.2 Å². The number of hydrogen-bond acceptors (Lipinski definition) is 7. The van der Waals surface area contributed by atoms with E-state index in [1.54, 1.807) is 19.3 Å². The van der Waals surface area contributed by atoms with Crippen molar-refractivity contribution in [3.63, 3.8) is 0 Å². The van der Waals surface area contributed by atoms with Crippen LogP contribution in [0.25, 0.3) is 11.6 Å². The Morgan fingerprint density at radius 1 is 1.41 bits per heavy atom. The van der Waals surface area contributed by atoms with E-state index in [2.05, 4.69) is 15.5 Å². The van der Waals surface area contributed by atoms with Gasteiger partial charge in [-0.25, -0.2) is 0 Å². The Kier molecular flexibility index (Phi) is 5.46. The minimum atomic E-state index is -0.492. The van der Waals surface area contributed by atoms with Crippen molar-refractivity contribution in [2.24, 2.45) is 5.73 Å². The standard InChI is InChI=1S/C19H21N5O3S2/c1-3-24-16(12-7-5-9-27-12)22-23-19(24)28-10(2)17(26)21-18-14(15(20)25)11-6-4-8-13(11)29-18/h5,7,9-10H,3-4,6,8H2,1-2H3,(H2,20,25)(H,21,26)/t10-/m0/s1. The summed E-state index contributed by atoms with van der Waals surface area (Å²) in [5, 5.41) is 12.1. The lowest BCUT2D eigenvalue weighted by Gasteiger charge is -2.12. The molecule has 0 aromatic carbocycles. The van der Waals surface area contributed by atoms with Gasteiger partial charge in [0.1, 0.15) is 5.00 Å². The Morgan fingerprint density at radius 3 is 2.93 bits per heavy atom. The van der Waals surface area contributed by atoms with Crippen molar-refractivity contribution in [1.82, 2.24) is 14.8 Å². The molecule has 0 unspecified atom stereocenters. The summed E-state index contributed by atoms with van der Waals surface area (Å²) in [6.45, 7) is 4.42. The van der Waals surface area contributed by atoms with Gasteiger partial charge in [0.25, 0.3) is 5.91 Å². The van der Waals surface area contributed by atoms with Crippen LogP contribution in [-0.2, 0) is 24.2 Å². The second kappa shape index (κ2) is 8.03. The maximum absolute atomic E-state index is 12.8. The highest BCUT2D eigenvalue weighted by Crippen LogP contribution is 2.39. The number of primary amides is 1. The molecule has 3 aromatic rings. The fraction of sp³-hybridized carbons (Fsp3) is 0.368. The van der Waals surface area contributed by atoms with Gasteiger partial charge in [-0.2, -0.15) is 0 Å². The number of rotatable bonds is 7. The van der Waals surface area contributed by atoms with Crippen molar-refractivity contribution in [1.29, 1.82) is 0 Å². The first-order valence-electron chi connectivity index (χ1n) is 9.38. The number of furan rings is 1. The molecule has 1 atom stereocenters. The summed E-state index contributed by atoms with van der Waals surface area (Å²) < 4.78 is 7.32. The van der Waals surface area contributed by atoms with E-state index in [0.29, 0.717) is 33.9 Å². The number of thiophene rings is 1. The van der Waals surface area contributed by atoms with Crippen molar-refractivity contribution >= 4 is 39.9 Å². The van der Waals surface area contributed by atoms with Crippen molar-refractivity contribution in [2.45, 2.75) is 50.1 Å². The lowest BCUT2D eigenvalue weighted by atomic mass is 10.1. The number of aromatic nitrogens is 3. The molecule has 0 spiro atoms. The first-order chi connectivity index (χ1) is 14.0. The van der Waals surface area contributed by atoms with Crippen LogP contribution in [0.1, 0.15) is 41.1 Å². The van der Waals surface area contributed by atoms with Crippen molar-refractivity contribution in [3.05, 3.63) is 34.4 Å². The van der Waals surface area contributed by atoms with E-state index in [0.717, 1.165) is 29.7 Å². The van der Waals surface area contributed by atoms with E-state index in [-0.39, 0.29) is 5.91 Å². The molecule has 3 heterocycles. The topological polar surface area (TPSA) is 116 Å². The van der Waals surface area contributed by atoms with Gasteiger partial charge < -0.3 is 15.5 Å². The first-order valence-corrected chi connectivity index (χ1v) is 11.1. The Labute approximate surface area is 175 Å². The quantitative estimate of drug-likeness (QED) is 0.554. The minimum Gasteiger partial charge on any atom is -0.461 e. The first kappa shape index (κ1) is 19.7. The number of anilines is 1. The molecule has 3 aromatic heterocycles. The summed E-state index contributed by atoms with van der Waals surface area (Å²) in [6.07, 6.45) is 4.36. The Morgan fingerprint density at radius 2 is 2.24 bits per heavy atom. The predicted octanol–water partition coefficient (Wildman–Crippen LogP) is 3.33. The predicted molar refractivity (Wildman–Crippen MR) is 112 cm³/mol. The molecule has 1 aliphatic rings. The fourth-order valence-corrected chi connectivity index (χ4v) is 5.64. The van der Waals surface area contributed by atoms with Crippen LogP contribution in [0.15, 0.2) is 28.0 Å². The number of aryl methyl sites for hydroxylation is 1. The van der Waals surface area contributed by atoms with Gasteiger partial charge in [0.15, 0.2) is 16.7 Å². The third-order valence-electron chi connectivity index (χ3n) is 4.83. The lowest BCUT2D eigenvalue weighted by Crippen LogP contribution is -2.24. The molecule has 152 valence electrons. The minimum absolute atomic E-state index is 0.206. The molecular weight excluding hydrogens is 410 g/mol. The van der Waals surface area contributed by atoms with Crippen LogP contribution >= 0.6 is 23.1 Å². The third kappa shape index (κ3) is 3.69. The average Bonchev–Trinajstić information content (AvgIpc) is 3.44. The van der Waals surface area contributed by atoms with Gasteiger partial charge >= 0.3 is 0 Å². The van der Waals surface area contributed by atoms with Gasteiger partial charge in [0, 0.05) is 11.4 Å². The van der Waals surface area contributed by atoms with Crippen LogP contribution < -0.4 is 11.1 Å². The molecule has 3 N–H and O–H groups in total. The van der Waals surface area contributed by atoms with E-state index in [4.69, 9.17) is 10.2 Å². The summed E-state index contributed by atoms with van der Waals surface area (Å²) >= 11 is 2.76. The number of nitrogens with two attached hydrogens (primary N) is 1. The van der Waals surface area contributed by atoms with Crippen LogP contribution in [0.3, 0.4) is 0 Å². The average molecular weight is 432 g/mol. The van der Waals surface area contributed by atoms with Crippen LogP contribution in [-0.4, -0.2) is 31.8 Å². The second-order valence-electron chi connectivity index (χ2n) is 6.70. The molecule has 1 aliphatic carbocycles. The van der Waals surface area contributed by atoms with E-state index < -0.39 is 11.2 Å². The number of hydrogen-bond donors (Lipinski definition) is 2. The third-order valence-corrected chi connectivity index (χ3v) is 7.12. The number of nitrogens with zero attached hydrogens (tertiary/aromatic N) is 3. The molecule has 8 nitrogen and oxygen atoms in total. The molecule has 2 amide bonds. The van der Waals surface area contributed by atoms with Gasteiger partial charge in [-0.1, -0.05) is 11.8 Å². The SMILES string of the molecule is CCn1c(S[C@@H](C)C(=O)Nc2sc3c(c2C(N)=O)CCC3)nnc1-c1ccco1. The highest BCUT2D eigenvalue weighted by molar-refractivity contribution is 8.00. The smallest absolute Gasteiger partial charge is 0.251 e. The van der Waals surface area contributed by atoms with E-state index in [9.17, 15) is 9.59 Å². The number of thioether (sulfide) groups is 1. The summed E-state index contributed by atoms with van der Waals surface area (Å²) in [5.74, 6) is 0.553. The normalized spacial score (nSPS) is 14.0. The Hall–Kier alpha value is -2.59. The zero-order chi connectivity index (χ0) is 20.5. The summed E-state index contributed by atoms with van der Waals surface area (Å²) in [4.78, 5) is 25.9. The molecule has 0 bridgehead atoms. The molecule has 10 heteroatoms. The summed E-state index contributed by atoms with van der Waals surface area (Å²) in [7, 11) is 0. The Bertz CT molecular complexity index is 1050. The Balaban J connectivity index is 1.51. The molecule has 0 radical (unpaired) electrons. The van der Waals surface area contributed by atoms with Crippen LogP contribution in [0.4, 0.5) is 5.00 Å². The maximum Gasteiger partial charge on any atom is 0.251 e. The van der Waals surface area contributed by atoms with E-state index in [1.807, 2.05) is 17.6 Å². The zero-order valence-corrected chi connectivity index (χ0v) is 17.7. The molecular formula is C19H21N5O3S2. The molecule has 0 fully saturated rings. The highest BCUT2D eigenvalue weighted by atomic mass is 32.2. The number of amides is 2. The number of fused-ring (bicyclic) bond motifs is 1. The largest absolute Gasteiger partial charge is 0.461 e. The number of carbonyl (C=O) groups is 2. The molecule has 4 rings (SSSR count). The molecule has 0 aliphatic heterocycles. The maximum atomic E-state index is 12.8. The van der Waals surface area contributed by atoms with E-state index >= 15 is 0 Å². The van der Waals surface area contributed by atoms with Crippen molar-refractivity contribution in [3.8, 4) is 11.6 Å². The molecule has 0 saturated heterocycles.